The molecular formula is C15H16O. The SMILES string of the molecule is CC1C=C(c2ccccc2)C=CC1(C)C=O. The van der Waals surface area contributed by atoms with Crippen LogP contribution in [0.2, 0.25) is 0 Å². The zero-order valence-electron chi connectivity index (χ0n) is 9.68. The van der Waals surface area contributed by atoms with E-state index in [1.54, 1.807) is 0 Å². The van der Waals surface area contributed by atoms with E-state index in [0.717, 1.165) is 6.29 Å². The van der Waals surface area contributed by atoms with E-state index in [2.05, 4.69) is 25.1 Å². The molecule has 0 radical (unpaired) electrons. The minimum absolute atomic E-state index is 0.241. The number of rotatable bonds is 2. The largest absolute Gasteiger partial charge is 0.302 e. The van der Waals surface area contributed by atoms with E-state index in [1.165, 1.54) is 11.1 Å². The molecule has 0 heterocycles. The maximum absolute atomic E-state index is 11.1. The Balaban J connectivity index is 2.33. The predicted molar refractivity (Wildman–Crippen MR) is 66.9 cm³/mol. The summed E-state index contributed by atoms with van der Waals surface area (Å²) in [6.07, 6.45) is 7.26. The molecular weight excluding hydrogens is 196 g/mol. The van der Waals surface area contributed by atoms with E-state index in [9.17, 15) is 4.79 Å². The van der Waals surface area contributed by atoms with Crippen LogP contribution in [0.3, 0.4) is 0 Å². The van der Waals surface area contributed by atoms with E-state index in [0.29, 0.717) is 0 Å². The van der Waals surface area contributed by atoms with Crippen LogP contribution in [0.15, 0.2) is 48.6 Å². The zero-order valence-corrected chi connectivity index (χ0v) is 9.68. The molecule has 0 N–H and O–H groups in total. The number of allylic oxidation sites excluding steroid dienone is 4. The van der Waals surface area contributed by atoms with E-state index in [1.807, 2.05) is 37.3 Å². The van der Waals surface area contributed by atoms with Crippen molar-refractivity contribution in [2.24, 2.45) is 11.3 Å². The van der Waals surface area contributed by atoms with Crippen LogP contribution in [0.1, 0.15) is 19.4 Å². The van der Waals surface area contributed by atoms with Crippen molar-refractivity contribution >= 4 is 11.9 Å². The van der Waals surface area contributed by atoms with Crippen molar-refractivity contribution in [3.05, 3.63) is 54.1 Å². The molecule has 1 nitrogen and oxygen atoms in total. The van der Waals surface area contributed by atoms with Crippen LogP contribution in [-0.4, -0.2) is 6.29 Å². The third kappa shape index (κ3) is 1.85. The highest BCUT2D eigenvalue weighted by molar-refractivity contribution is 5.78. The molecule has 1 heteroatoms. The van der Waals surface area contributed by atoms with Gasteiger partial charge in [-0.25, -0.2) is 0 Å². The number of aldehydes is 1. The maximum atomic E-state index is 11.1. The molecule has 2 unspecified atom stereocenters. The number of hydrogen-bond donors (Lipinski definition) is 0. The van der Waals surface area contributed by atoms with Crippen molar-refractivity contribution in [2.75, 3.05) is 0 Å². The van der Waals surface area contributed by atoms with Gasteiger partial charge in [-0.05, 0) is 24.0 Å². The topological polar surface area (TPSA) is 17.1 Å². The van der Waals surface area contributed by atoms with Gasteiger partial charge in [0.15, 0.2) is 0 Å². The lowest BCUT2D eigenvalue weighted by Gasteiger charge is -2.28. The van der Waals surface area contributed by atoms with Gasteiger partial charge in [-0.2, -0.15) is 0 Å². The Bertz CT molecular complexity index is 442. The first-order valence-corrected chi connectivity index (χ1v) is 5.58. The molecule has 82 valence electrons. The summed E-state index contributed by atoms with van der Waals surface area (Å²) < 4.78 is 0. The fourth-order valence-corrected chi connectivity index (χ4v) is 1.90. The Morgan fingerprint density at radius 1 is 1.25 bits per heavy atom. The highest BCUT2D eigenvalue weighted by Crippen LogP contribution is 2.35. The van der Waals surface area contributed by atoms with Gasteiger partial charge in [0.25, 0.3) is 0 Å². The van der Waals surface area contributed by atoms with Gasteiger partial charge in [0.1, 0.15) is 6.29 Å². The van der Waals surface area contributed by atoms with Crippen molar-refractivity contribution in [3.8, 4) is 0 Å². The molecule has 0 aliphatic heterocycles. The highest BCUT2D eigenvalue weighted by Gasteiger charge is 2.29. The summed E-state index contributed by atoms with van der Waals surface area (Å²) in [6, 6.07) is 10.2. The minimum Gasteiger partial charge on any atom is -0.302 e. The van der Waals surface area contributed by atoms with Crippen LogP contribution >= 0.6 is 0 Å². The fourth-order valence-electron chi connectivity index (χ4n) is 1.90. The molecule has 0 amide bonds. The molecule has 1 aliphatic rings. The lowest BCUT2D eigenvalue weighted by atomic mass is 9.74. The summed E-state index contributed by atoms with van der Waals surface area (Å²) in [5.41, 5.74) is 2.06. The van der Waals surface area contributed by atoms with E-state index < -0.39 is 0 Å². The first-order valence-electron chi connectivity index (χ1n) is 5.58. The van der Waals surface area contributed by atoms with Crippen molar-refractivity contribution in [1.82, 2.24) is 0 Å². The molecule has 2 rings (SSSR count). The van der Waals surface area contributed by atoms with Gasteiger partial charge in [0, 0.05) is 5.41 Å². The Labute approximate surface area is 96.5 Å². The van der Waals surface area contributed by atoms with Crippen LogP contribution in [0, 0.1) is 11.3 Å². The van der Waals surface area contributed by atoms with Crippen molar-refractivity contribution in [2.45, 2.75) is 13.8 Å². The first-order chi connectivity index (χ1) is 7.65. The second-order valence-electron chi connectivity index (χ2n) is 4.59. The summed E-state index contributed by atoms with van der Waals surface area (Å²) in [5, 5.41) is 0. The molecule has 0 saturated heterocycles. The molecule has 1 aliphatic carbocycles. The van der Waals surface area contributed by atoms with Crippen LogP contribution in [0.4, 0.5) is 0 Å². The number of hydrogen-bond acceptors (Lipinski definition) is 1. The number of carbonyl (C=O) groups is 1. The molecule has 1 aromatic rings. The fraction of sp³-hybridized carbons (Fsp3) is 0.267. The van der Waals surface area contributed by atoms with Crippen molar-refractivity contribution < 1.29 is 4.79 Å². The van der Waals surface area contributed by atoms with E-state index >= 15 is 0 Å². The third-order valence-corrected chi connectivity index (χ3v) is 3.39. The van der Waals surface area contributed by atoms with Gasteiger partial charge in [-0.15, -0.1) is 0 Å². The molecule has 2 atom stereocenters. The molecule has 16 heavy (non-hydrogen) atoms. The van der Waals surface area contributed by atoms with Crippen LogP contribution in [-0.2, 0) is 4.79 Å². The molecule has 0 fully saturated rings. The lowest BCUT2D eigenvalue weighted by Crippen LogP contribution is -2.25. The molecule has 0 aromatic heterocycles. The van der Waals surface area contributed by atoms with E-state index in [-0.39, 0.29) is 11.3 Å². The summed E-state index contributed by atoms with van der Waals surface area (Å²) in [7, 11) is 0. The summed E-state index contributed by atoms with van der Waals surface area (Å²) in [4.78, 5) is 11.1. The Morgan fingerprint density at radius 3 is 2.50 bits per heavy atom. The minimum atomic E-state index is -0.349. The number of benzene rings is 1. The summed E-state index contributed by atoms with van der Waals surface area (Å²) in [5.74, 6) is 0.241. The second kappa shape index (κ2) is 4.09. The Morgan fingerprint density at radius 2 is 1.94 bits per heavy atom. The smallest absolute Gasteiger partial charge is 0.130 e. The van der Waals surface area contributed by atoms with Crippen LogP contribution in [0.5, 0.6) is 0 Å². The van der Waals surface area contributed by atoms with Crippen molar-refractivity contribution in [1.29, 1.82) is 0 Å². The maximum Gasteiger partial charge on any atom is 0.130 e. The zero-order chi connectivity index (χ0) is 11.6. The van der Waals surface area contributed by atoms with E-state index in [4.69, 9.17) is 0 Å². The van der Waals surface area contributed by atoms with Gasteiger partial charge in [-0.1, -0.05) is 55.5 Å². The first kappa shape index (κ1) is 10.9. The quantitative estimate of drug-likeness (QED) is 0.686. The number of carbonyl (C=O) groups excluding carboxylic acids is 1. The molecule has 0 saturated carbocycles. The van der Waals surface area contributed by atoms with Gasteiger partial charge >= 0.3 is 0 Å². The average molecular weight is 212 g/mol. The average Bonchev–Trinajstić information content (AvgIpc) is 2.34. The van der Waals surface area contributed by atoms with Gasteiger partial charge in [0.05, 0.1) is 0 Å². The molecule has 1 aromatic carbocycles. The Hall–Kier alpha value is -1.63. The summed E-state index contributed by atoms with van der Waals surface area (Å²) in [6.45, 7) is 4.06. The van der Waals surface area contributed by atoms with Gasteiger partial charge < -0.3 is 4.79 Å². The van der Waals surface area contributed by atoms with Gasteiger partial charge in [0.2, 0.25) is 0 Å². The third-order valence-electron chi connectivity index (χ3n) is 3.39. The monoisotopic (exact) mass is 212 g/mol. The molecule has 0 bridgehead atoms. The van der Waals surface area contributed by atoms with Gasteiger partial charge in [-0.3, -0.25) is 0 Å². The Kier molecular flexibility index (Phi) is 2.78. The van der Waals surface area contributed by atoms with Crippen molar-refractivity contribution in [3.63, 3.8) is 0 Å². The predicted octanol–water partition coefficient (Wildman–Crippen LogP) is 3.48. The summed E-state index contributed by atoms with van der Waals surface area (Å²) >= 11 is 0. The van der Waals surface area contributed by atoms with Crippen LogP contribution in [0.25, 0.3) is 5.57 Å². The standard InChI is InChI=1S/C15H16O/c1-12-10-14(8-9-15(12,2)11-16)13-6-4-3-5-7-13/h3-12H,1-2H3. The second-order valence-corrected chi connectivity index (χ2v) is 4.59. The lowest BCUT2D eigenvalue weighted by molar-refractivity contribution is -0.114. The molecule has 0 spiro atoms. The normalized spacial score (nSPS) is 28.6. The highest BCUT2D eigenvalue weighted by atomic mass is 16.1. The van der Waals surface area contributed by atoms with Crippen LogP contribution < -0.4 is 0 Å².